The molecule has 0 aliphatic carbocycles. The average molecular weight is 406 g/mol. The minimum Gasteiger partial charge on any atom is -0.326 e. The lowest BCUT2D eigenvalue weighted by molar-refractivity contribution is 0.0699. The number of carbonyl (C=O) groups is 1. The van der Waals surface area contributed by atoms with E-state index in [1.54, 1.807) is 22.7 Å². The minimum atomic E-state index is -0.0102. The summed E-state index contributed by atoms with van der Waals surface area (Å²) in [4.78, 5) is 27.3. The molecular weight excluding hydrogens is 386 g/mol. The zero-order valence-electron chi connectivity index (χ0n) is 15.7. The standard InChI is InChI=1S/C22H19N3OS2/c1-13-14(2)24-18-12-15(5-6-17(18)23-13)22(26)25-9-7-19-16(8-11-28-19)21(25)20-4-3-10-27-20/h3-6,8,10-12,21H,7,9H2,1-2H3. The van der Waals surface area contributed by atoms with Crippen LogP contribution in [0.15, 0.2) is 47.2 Å². The van der Waals surface area contributed by atoms with E-state index in [0.717, 1.165) is 35.4 Å². The van der Waals surface area contributed by atoms with Crippen molar-refractivity contribution >= 4 is 39.6 Å². The van der Waals surface area contributed by atoms with Crippen LogP contribution in [-0.2, 0) is 6.42 Å². The molecule has 4 heterocycles. The van der Waals surface area contributed by atoms with Crippen molar-refractivity contribution in [1.82, 2.24) is 14.9 Å². The van der Waals surface area contributed by atoms with Crippen LogP contribution < -0.4 is 0 Å². The number of hydrogen-bond donors (Lipinski definition) is 0. The van der Waals surface area contributed by atoms with Crippen molar-refractivity contribution in [3.05, 3.63) is 79.4 Å². The first-order valence-electron chi connectivity index (χ1n) is 9.27. The predicted octanol–water partition coefficient (Wildman–Crippen LogP) is 5.16. The molecule has 0 radical (unpaired) electrons. The molecule has 0 fully saturated rings. The van der Waals surface area contributed by atoms with Crippen LogP contribution in [0.25, 0.3) is 11.0 Å². The van der Waals surface area contributed by atoms with Gasteiger partial charge in [0, 0.05) is 21.9 Å². The van der Waals surface area contributed by atoms with E-state index in [1.807, 2.05) is 36.9 Å². The fourth-order valence-electron chi connectivity index (χ4n) is 3.82. The van der Waals surface area contributed by atoms with Crippen molar-refractivity contribution in [2.75, 3.05) is 6.54 Å². The van der Waals surface area contributed by atoms with Gasteiger partial charge in [-0.05, 0) is 66.9 Å². The summed E-state index contributed by atoms with van der Waals surface area (Å²) in [5.74, 6) is 0.0529. The molecule has 0 saturated heterocycles. The Balaban J connectivity index is 1.57. The van der Waals surface area contributed by atoms with Gasteiger partial charge in [-0.15, -0.1) is 22.7 Å². The van der Waals surface area contributed by atoms with E-state index in [1.165, 1.54) is 15.3 Å². The Hall–Kier alpha value is -2.57. The second-order valence-corrected chi connectivity index (χ2v) is 9.04. The first-order chi connectivity index (χ1) is 13.6. The third-order valence-electron chi connectivity index (χ3n) is 5.36. The number of fused-ring (bicyclic) bond motifs is 2. The lowest BCUT2D eigenvalue weighted by atomic mass is 9.97. The Morgan fingerprint density at radius 2 is 1.86 bits per heavy atom. The van der Waals surface area contributed by atoms with Crippen molar-refractivity contribution in [3.8, 4) is 0 Å². The van der Waals surface area contributed by atoms with Crippen LogP contribution in [0.1, 0.15) is 43.1 Å². The van der Waals surface area contributed by atoms with E-state index < -0.39 is 0 Å². The Morgan fingerprint density at radius 1 is 1.04 bits per heavy atom. The highest BCUT2D eigenvalue weighted by Crippen LogP contribution is 2.40. The van der Waals surface area contributed by atoms with Crippen LogP contribution in [0.3, 0.4) is 0 Å². The van der Waals surface area contributed by atoms with E-state index in [-0.39, 0.29) is 11.9 Å². The van der Waals surface area contributed by atoms with Crippen LogP contribution in [-0.4, -0.2) is 27.3 Å². The number of hydrogen-bond acceptors (Lipinski definition) is 5. The highest BCUT2D eigenvalue weighted by molar-refractivity contribution is 7.10. The largest absolute Gasteiger partial charge is 0.326 e. The van der Waals surface area contributed by atoms with Crippen molar-refractivity contribution in [2.24, 2.45) is 0 Å². The van der Waals surface area contributed by atoms with Gasteiger partial charge in [0.05, 0.1) is 28.5 Å². The summed E-state index contributed by atoms with van der Waals surface area (Å²) >= 11 is 3.50. The smallest absolute Gasteiger partial charge is 0.254 e. The van der Waals surface area contributed by atoms with E-state index >= 15 is 0 Å². The Kier molecular flexibility index (Phi) is 4.25. The summed E-state index contributed by atoms with van der Waals surface area (Å²) in [6, 6.07) is 12.0. The van der Waals surface area contributed by atoms with Gasteiger partial charge >= 0.3 is 0 Å². The molecular formula is C22H19N3OS2. The third kappa shape index (κ3) is 2.84. The van der Waals surface area contributed by atoms with Gasteiger partial charge in [0.15, 0.2) is 0 Å². The van der Waals surface area contributed by atoms with Gasteiger partial charge in [0.1, 0.15) is 0 Å². The second-order valence-electron chi connectivity index (χ2n) is 7.06. The number of aryl methyl sites for hydroxylation is 2. The highest BCUT2D eigenvalue weighted by Gasteiger charge is 2.34. The molecule has 28 heavy (non-hydrogen) atoms. The topological polar surface area (TPSA) is 46.1 Å². The van der Waals surface area contributed by atoms with Crippen molar-refractivity contribution in [1.29, 1.82) is 0 Å². The summed E-state index contributed by atoms with van der Waals surface area (Å²) in [6.45, 7) is 4.63. The van der Waals surface area contributed by atoms with Crippen LogP contribution in [0, 0.1) is 13.8 Å². The van der Waals surface area contributed by atoms with Crippen LogP contribution >= 0.6 is 22.7 Å². The number of thiophene rings is 2. The lowest BCUT2D eigenvalue weighted by Crippen LogP contribution is -2.39. The SMILES string of the molecule is Cc1nc2ccc(C(=O)N3CCc4sccc4C3c3cccs3)cc2nc1C. The van der Waals surface area contributed by atoms with Gasteiger partial charge in [-0.3, -0.25) is 4.79 Å². The van der Waals surface area contributed by atoms with Gasteiger partial charge < -0.3 is 4.90 Å². The minimum absolute atomic E-state index is 0.0102. The van der Waals surface area contributed by atoms with Crippen LogP contribution in [0.2, 0.25) is 0 Å². The summed E-state index contributed by atoms with van der Waals surface area (Å²) in [6.07, 6.45) is 0.909. The summed E-state index contributed by atoms with van der Waals surface area (Å²) in [5, 5.41) is 4.21. The van der Waals surface area contributed by atoms with Gasteiger partial charge in [0.2, 0.25) is 0 Å². The molecule has 5 rings (SSSR count). The molecule has 1 aliphatic rings. The van der Waals surface area contributed by atoms with E-state index in [4.69, 9.17) is 0 Å². The van der Waals surface area contributed by atoms with Crippen molar-refractivity contribution < 1.29 is 4.79 Å². The molecule has 0 spiro atoms. The predicted molar refractivity (Wildman–Crippen MR) is 114 cm³/mol. The lowest BCUT2D eigenvalue weighted by Gasteiger charge is -2.35. The molecule has 1 amide bonds. The Labute approximate surface area is 171 Å². The quantitative estimate of drug-likeness (QED) is 0.463. The first-order valence-corrected chi connectivity index (χ1v) is 11.0. The monoisotopic (exact) mass is 405 g/mol. The number of amides is 1. The van der Waals surface area contributed by atoms with Crippen molar-refractivity contribution in [2.45, 2.75) is 26.3 Å². The zero-order chi connectivity index (χ0) is 19.3. The van der Waals surface area contributed by atoms with Gasteiger partial charge in [-0.2, -0.15) is 0 Å². The van der Waals surface area contributed by atoms with Gasteiger partial charge in [-0.25, -0.2) is 9.97 Å². The normalized spacial score (nSPS) is 16.4. The molecule has 1 unspecified atom stereocenters. The fourth-order valence-corrected chi connectivity index (χ4v) is 5.58. The summed E-state index contributed by atoms with van der Waals surface area (Å²) in [5.41, 5.74) is 5.35. The Bertz CT molecular complexity index is 1180. The molecule has 0 bridgehead atoms. The fraction of sp³-hybridized carbons (Fsp3) is 0.227. The maximum Gasteiger partial charge on any atom is 0.254 e. The van der Waals surface area contributed by atoms with Gasteiger partial charge in [-0.1, -0.05) is 6.07 Å². The zero-order valence-corrected chi connectivity index (χ0v) is 17.3. The van der Waals surface area contributed by atoms with E-state index in [0.29, 0.717) is 5.56 Å². The van der Waals surface area contributed by atoms with E-state index in [2.05, 4.69) is 38.9 Å². The maximum absolute atomic E-state index is 13.5. The average Bonchev–Trinajstić information content (AvgIpc) is 3.39. The molecule has 1 aliphatic heterocycles. The highest BCUT2D eigenvalue weighted by atomic mass is 32.1. The molecule has 6 heteroatoms. The third-order valence-corrected chi connectivity index (χ3v) is 7.28. The molecule has 0 saturated carbocycles. The molecule has 140 valence electrons. The Morgan fingerprint density at radius 3 is 2.64 bits per heavy atom. The molecule has 0 N–H and O–H groups in total. The van der Waals surface area contributed by atoms with Crippen LogP contribution in [0.4, 0.5) is 0 Å². The van der Waals surface area contributed by atoms with Gasteiger partial charge in [0.25, 0.3) is 5.91 Å². The number of carbonyl (C=O) groups excluding carboxylic acids is 1. The molecule has 4 nitrogen and oxygen atoms in total. The maximum atomic E-state index is 13.5. The molecule has 3 aromatic heterocycles. The van der Waals surface area contributed by atoms with Crippen LogP contribution in [0.5, 0.6) is 0 Å². The summed E-state index contributed by atoms with van der Waals surface area (Å²) < 4.78 is 0. The summed E-state index contributed by atoms with van der Waals surface area (Å²) in [7, 11) is 0. The number of benzene rings is 1. The molecule has 4 aromatic rings. The molecule has 1 atom stereocenters. The molecule has 1 aromatic carbocycles. The van der Waals surface area contributed by atoms with Crippen molar-refractivity contribution in [3.63, 3.8) is 0 Å². The number of nitrogens with zero attached hydrogens (tertiary/aromatic N) is 3. The second kappa shape index (κ2) is 6.79. The number of rotatable bonds is 2. The van der Waals surface area contributed by atoms with E-state index in [9.17, 15) is 4.79 Å². The number of aromatic nitrogens is 2. The first kappa shape index (κ1) is 17.5.